The van der Waals surface area contributed by atoms with Crippen LogP contribution in [0.2, 0.25) is 0 Å². The van der Waals surface area contributed by atoms with E-state index in [1.165, 1.54) is 24.7 Å². The van der Waals surface area contributed by atoms with E-state index in [1.807, 2.05) is 4.90 Å². The van der Waals surface area contributed by atoms with Crippen LogP contribution in [-0.4, -0.2) is 33.9 Å². The van der Waals surface area contributed by atoms with Crippen molar-refractivity contribution in [2.75, 3.05) is 23.3 Å². The highest BCUT2D eigenvalue weighted by atomic mass is 19.1. The molecule has 2 aromatic rings. The predicted molar refractivity (Wildman–Crippen MR) is 88.9 cm³/mol. The first-order valence-electron chi connectivity index (χ1n) is 7.83. The maximum atomic E-state index is 13.6. The zero-order chi connectivity index (χ0) is 17.8. The summed E-state index contributed by atoms with van der Waals surface area (Å²) < 4.78 is 13.6. The number of aromatic nitrogens is 2. The fourth-order valence-electron chi connectivity index (χ4n) is 2.87. The molecule has 3 rings (SSSR count). The van der Waals surface area contributed by atoms with Crippen LogP contribution in [0, 0.1) is 15.9 Å². The Hall–Kier alpha value is -3.10. The number of halogens is 1. The number of nitro benzene ring substituents is 1. The molecule has 1 saturated heterocycles. The van der Waals surface area contributed by atoms with Gasteiger partial charge in [0.05, 0.1) is 17.5 Å². The minimum absolute atomic E-state index is 0.0158. The van der Waals surface area contributed by atoms with Gasteiger partial charge in [-0.3, -0.25) is 14.9 Å². The molecule has 130 valence electrons. The molecule has 9 heteroatoms. The summed E-state index contributed by atoms with van der Waals surface area (Å²) in [7, 11) is 0. The largest absolute Gasteiger partial charge is 0.355 e. The molecule has 1 aliphatic rings. The van der Waals surface area contributed by atoms with Gasteiger partial charge in [-0.2, -0.15) is 4.39 Å². The number of carbonyl (C=O) groups is 1. The van der Waals surface area contributed by atoms with Crippen molar-refractivity contribution in [2.45, 2.75) is 19.3 Å². The number of rotatable bonds is 5. The maximum absolute atomic E-state index is 13.6. The van der Waals surface area contributed by atoms with Crippen molar-refractivity contribution in [2.24, 2.45) is 0 Å². The number of hydrogen-bond donors (Lipinski definition) is 1. The van der Waals surface area contributed by atoms with E-state index in [2.05, 4.69) is 15.3 Å². The van der Waals surface area contributed by atoms with Gasteiger partial charge in [0.25, 0.3) is 0 Å². The molecule has 0 bridgehead atoms. The van der Waals surface area contributed by atoms with Crippen LogP contribution in [0.4, 0.5) is 21.6 Å². The van der Waals surface area contributed by atoms with Gasteiger partial charge in [-0.25, -0.2) is 9.97 Å². The molecule has 1 aromatic heterocycles. The Morgan fingerprint density at radius 2 is 2.12 bits per heavy atom. The second-order valence-electron chi connectivity index (χ2n) is 5.68. The summed E-state index contributed by atoms with van der Waals surface area (Å²) in [6, 6.07) is 3.70. The summed E-state index contributed by atoms with van der Waals surface area (Å²) in [6.45, 7) is 1.69. The third-order valence-electron chi connectivity index (χ3n) is 3.97. The number of amides is 1. The highest BCUT2D eigenvalue weighted by Crippen LogP contribution is 2.26. The third-order valence-corrected chi connectivity index (χ3v) is 3.97. The molecule has 1 aromatic carbocycles. The first-order chi connectivity index (χ1) is 12.1. The van der Waals surface area contributed by atoms with Crippen molar-refractivity contribution >= 4 is 23.1 Å². The second kappa shape index (κ2) is 7.20. The predicted octanol–water partition coefficient (Wildman–Crippen LogP) is 2.31. The summed E-state index contributed by atoms with van der Waals surface area (Å²) in [6.07, 6.45) is 4.67. The van der Waals surface area contributed by atoms with Gasteiger partial charge >= 0.3 is 5.69 Å². The zero-order valence-corrected chi connectivity index (χ0v) is 13.3. The van der Waals surface area contributed by atoms with E-state index in [1.54, 1.807) is 0 Å². The molecule has 0 spiro atoms. The van der Waals surface area contributed by atoms with Gasteiger partial charge in [0.2, 0.25) is 11.7 Å². The molecule has 0 radical (unpaired) electrons. The van der Waals surface area contributed by atoms with E-state index in [4.69, 9.17) is 0 Å². The third kappa shape index (κ3) is 3.70. The lowest BCUT2D eigenvalue weighted by atomic mass is 10.1. The lowest BCUT2D eigenvalue weighted by Gasteiger charge is -2.19. The van der Waals surface area contributed by atoms with Crippen LogP contribution < -0.4 is 10.2 Å². The molecule has 0 aliphatic carbocycles. The van der Waals surface area contributed by atoms with Crippen LogP contribution in [0.15, 0.2) is 30.7 Å². The van der Waals surface area contributed by atoms with Crippen molar-refractivity contribution in [3.05, 3.63) is 52.2 Å². The van der Waals surface area contributed by atoms with Crippen LogP contribution in [-0.2, 0) is 11.2 Å². The van der Waals surface area contributed by atoms with Gasteiger partial charge < -0.3 is 10.2 Å². The monoisotopic (exact) mass is 345 g/mol. The molecular weight excluding hydrogens is 329 g/mol. The van der Waals surface area contributed by atoms with Crippen molar-refractivity contribution in [1.82, 2.24) is 9.97 Å². The van der Waals surface area contributed by atoms with Crippen LogP contribution in [0.1, 0.15) is 18.4 Å². The Balaban J connectivity index is 1.78. The Bertz CT molecular complexity index is 808. The number of nitrogens with zero attached hydrogens (tertiary/aromatic N) is 4. The van der Waals surface area contributed by atoms with Crippen molar-refractivity contribution in [3.8, 4) is 0 Å². The Labute approximate surface area is 142 Å². The molecule has 25 heavy (non-hydrogen) atoms. The standard InChI is InChI=1S/C16H16FN5O3/c17-12-5-3-4-11(15(12)22(24)25)8-14(23)20-13-9-18-10-19-16(13)21-6-1-2-7-21/h3-5,9-10H,1-2,6-8H2,(H,20,23). The minimum Gasteiger partial charge on any atom is -0.355 e. The number of hydrogen-bond acceptors (Lipinski definition) is 6. The molecule has 1 amide bonds. The van der Waals surface area contributed by atoms with Gasteiger partial charge in [-0.05, 0) is 18.9 Å². The lowest BCUT2D eigenvalue weighted by Crippen LogP contribution is -2.23. The van der Waals surface area contributed by atoms with Gasteiger partial charge in [0, 0.05) is 18.7 Å². The van der Waals surface area contributed by atoms with Crippen LogP contribution in [0.5, 0.6) is 0 Å². The van der Waals surface area contributed by atoms with Gasteiger partial charge in [-0.1, -0.05) is 12.1 Å². The normalized spacial score (nSPS) is 13.7. The molecule has 1 fully saturated rings. The summed E-state index contributed by atoms with van der Waals surface area (Å²) in [5.74, 6) is -0.838. The fourth-order valence-corrected chi connectivity index (χ4v) is 2.87. The lowest BCUT2D eigenvalue weighted by molar-refractivity contribution is -0.388. The maximum Gasteiger partial charge on any atom is 0.308 e. The van der Waals surface area contributed by atoms with Crippen molar-refractivity contribution < 1.29 is 14.1 Å². The van der Waals surface area contributed by atoms with E-state index in [0.717, 1.165) is 32.0 Å². The van der Waals surface area contributed by atoms with E-state index in [-0.39, 0.29) is 12.0 Å². The minimum atomic E-state index is -0.962. The van der Waals surface area contributed by atoms with Crippen LogP contribution in [0.3, 0.4) is 0 Å². The molecule has 0 saturated carbocycles. The number of carbonyl (C=O) groups excluding carboxylic acids is 1. The molecular formula is C16H16FN5O3. The Morgan fingerprint density at radius 1 is 1.36 bits per heavy atom. The zero-order valence-electron chi connectivity index (χ0n) is 13.3. The quantitative estimate of drug-likeness (QED) is 0.659. The van der Waals surface area contributed by atoms with E-state index in [9.17, 15) is 19.3 Å². The number of nitrogens with one attached hydrogen (secondary N) is 1. The van der Waals surface area contributed by atoms with Gasteiger partial charge in [0.15, 0.2) is 5.82 Å². The fraction of sp³-hybridized carbons (Fsp3) is 0.312. The molecule has 1 N–H and O–H groups in total. The van der Waals surface area contributed by atoms with Gasteiger partial charge in [0.1, 0.15) is 12.0 Å². The highest BCUT2D eigenvalue weighted by Gasteiger charge is 2.23. The van der Waals surface area contributed by atoms with Crippen LogP contribution >= 0.6 is 0 Å². The average molecular weight is 345 g/mol. The topological polar surface area (TPSA) is 101 Å². The summed E-state index contributed by atoms with van der Waals surface area (Å²) in [4.78, 5) is 32.7. The van der Waals surface area contributed by atoms with Crippen molar-refractivity contribution in [1.29, 1.82) is 0 Å². The molecule has 1 aliphatic heterocycles. The Kier molecular flexibility index (Phi) is 4.82. The number of nitro groups is 1. The molecule has 0 unspecified atom stereocenters. The molecule has 0 atom stereocenters. The number of anilines is 2. The highest BCUT2D eigenvalue weighted by molar-refractivity contribution is 5.95. The van der Waals surface area contributed by atoms with Crippen LogP contribution in [0.25, 0.3) is 0 Å². The van der Waals surface area contributed by atoms with Gasteiger partial charge in [-0.15, -0.1) is 0 Å². The van der Waals surface area contributed by atoms with E-state index in [0.29, 0.717) is 11.5 Å². The summed E-state index contributed by atoms with van der Waals surface area (Å²) >= 11 is 0. The summed E-state index contributed by atoms with van der Waals surface area (Å²) in [5.41, 5.74) is -0.225. The first-order valence-corrected chi connectivity index (χ1v) is 7.83. The number of para-hydroxylation sites is 1. The Morgan fingerprint density at radius 3 is 2.84 bits per heavy atom. The molecule has 2 heterocycles. The average Bonchev–Trinajstić information content (AvgIpc) is 3.09. The van der Waals surface area contributed by atoms with E-state index >= 15 is 0 Å². The smallest absolute Gasteiger partial charge is 0.308 e. The second-order valence-corrected chi connectivity index (χ2v) is 5.68. The molecule has 8 nitrogen and oxygen atoms in total. The van der Waals surface area contributed by atoms with Crippen molar-refractivity contribution in [3.63, 3.8) is 0 Å². The first kappa shape index (κ1) is 16.7. The van der Waals surface area contributed by atoms with E-state index < -0.39 is 22.3 Å². The summed E-state index contributed by atoms with van der Waals surface area (Å²) in [5, 5.41) is 13.7. The SMILES string of the molecule is O=C(Cc1cccc(F)c1[N+](=O)[O-])Nc1cncnc1N1CCCC1. The number of benzene rings is 1.